The van der Waals surface area contributed by atoms with Crippen LogP contribution in [0.5, 0.6) is 0 Å². The van der Waals surface area contributed by atoms with E-state index >= 15 is 0 Å². The third-order valence-corrected chi connectivity index (χ3v) is 3.33. The molecule has 1 aromatic heterocycles. The number of nitrogens with one attached hydrogen (secondary N) is 1. The molecule has 0 aliphatic carbocycles. The number of nitrogens with two attached hydrogens (primary N) is 1. The molecule has 108 valence electrons. The van der Waals surface area contributed by atoms with Crippen LogP contribution in [0.25, 0.3) is 0 Å². The minimum absolute atomic E-state index is 0.366. The van der Waals surface area contributed by atoms with Crippen molar-refractivity contribution < 1.29 is 8.78 Å². The lowest BCUT2D eigenvalue weighted by Crippen LogP contribution is -2.29. The summed E-state index contributed by atoms with van der Waals surface area (Å²) in [6.45, 7) is 1.60. The fourth-order valence-electron chi connectivity index (χ4n) is 2.19. The summed E-state index contributed by atoms with van der Waals surface area (Å²) in [4.78, 5) is 0. The van der Waals surface area contributed by atoms with Gasteiger partial charge in [0.2, 0.25) is 0 Å². The van der Waals surface area contributed by atoms with Gasteiger partial charge in [-0.05, 0) is 37.0 Å². The number of aromatic nitrogens is 2. The Labute approximate surface area is 116 Å². The first-order chi connectivity index (χ1) is 9.51. The van der Waals surface area contributed by atoms with E-state index in [-0.39, 0.29) is 6.04 Å². The number of hydrogen-bond donors (Lipinski definition) is 2. The fourth-order valence-corrected chi connectivity index (χ4v) is 2.19. The molecule has 0 spiro atoms. The maximum absolute atomic E-state index is 13.8. The van der Waals surface area contributed by atoms with Gasteiger partial charge in [-0.1, -0.05) is 0 Å². The lowest BCUT2D eigenvalue weighted by molar-refractivity contribution is 0.479. The summed E-state index contributed by atoms with van der Waals surface area (Å²) in [5.74, 6) is 4.37. The fraction of sp³-hybridized carbons (Fsp3) is 0.357. The molecule has 0 amide bonds. The average Bonchev–Trinajstić information content (AvgIpc) is 2.82. The quantitative estimate of drug-likeness (QED) is 0.652. The Hall–Kier alpha value is -1.79. The molecule has 1 unspecified atom stereocenters. The summed E-state index contributed by atoms with van der Waals surface area (Å²) in [6, 6.07) is 2.03. The predicted octanol–water partition coefficient (Wildman–Crippen LogP) is 2.14. The molecular formula is C14H18F2N4. The third-order valence-electron chi connectivity index (χ3n) is 3.33. The van der Waals surface area contributed by atoms with Crippen LogP contribution in [-0.2, 0) is 13.5 Å². The smallest absolute Gasteiger partial charge is 0.130 e. The normalized spacial score (nSPS) is 12.7. The topological polar surface area (TPSA) is 55.9 Å². The molecule has 0 fully saturated rings. The van der Waals surface area contributed by atoms with E-state index in [0.29, 0.717) is 24.0 Å². The highest BCUT2D eigenvalue weighted by atomic mass is 19.1. The van der Waals surface area contributed by atoms with Gasteiger partial charge in [0.1, 0.15) is 11.6 Å². The van der Waals surface area contributed by atoms with E-state index in [1.165, 1.54) is 6.07 Å². The molecular weight excluding hydrogens is 262 g/mol. The van der Waals surface area contributed by atoms with Crippen LogP contribution in [0.4, 0.5) is 8.78 Å². The van der Waals surface area contributed by atoms with Gasteiger partial charge >= 0.3 is 0 Å². The molecule has 0 radical (unpaired) electrons. The van der Waals surface area contributed by atoms with Gasteiger partial charge in [-0.2, -0.15) is 5.10 Å². The van der Waals surface area contributed by atoms with Crippen LogP contribution in [0.15, 0.2) is 24.5 Å². The molecule has 2 rings (SSSR count). The number of hydrazine groups is 1. The molecule has 1 aromatic carbocycles. The van der Waals surface area contributed by atoms with Crippen LogP contribution in [0.3, 0.4) is 0 Å². The van der Waals surface area contributed by atoms with Crippen molar-refractivity contribution in [3.63, 3.8) is 0 Å². The Bertz CT molecular complexity index is 595. The van der Waals surface area contributed by atoms with Gasteiger partial charge in [-0.25, -0.2) is 8.78 Å². The van der Waals surface area contributed by atoms with Gasteiger partial charge in [-0.15, -0.1) is 0 Å². The minimum Gasteiger partial charge on any atom is -0.276 e. The van der Waals surface area contributed by atoms with E-state index in [4.69, 9.17) is 5.84 Å². The van der Waals surface area contributed by atoms with Crippen molar-refractivity contribution in [2.24, 2.45) is 12.9 Å². The first kappa shape index (κ1) is 14.6. The lowest BCUT2D eigenvalue weighted by atomic mass is 9.98. The second-order valence-corrected chi connectivity index (χ2v) is 4.90. The van der Waals surface area contributed by atoms with Crippen LogP contribution < -0.4 is 11.3 Å². The van der Waals surface area contributed by atoms with Crippen molar-refractivity contribution in [1.82, 2.24) is 15.2 Å². The molecule has 20 heavy (non-hydrogen) atoms. The van der Waals surface area contributed by atoms with Crippen molar-refractivity contribution >= 4 is 0 Å². The second-order valence-electron chi connectivity index (χ2n) is 4.90. The molecule has 0 aliphatic heterocycles. The number of aryl methyl sites for hydroxylation is 3. The third kappa shape index (κ3) is 3.20. The highest BCUT2D eigenvalue weighted by molar-refractivity contribution is 5.28. The highest BCUT2D eigenvalue weighted by Crippen LogP contribution is 2.24. The van der Waals surface area contributed by atoms with Gasteiger partial charge in [0.25, 0.3) is 0 Å². The first-order valence-corrected chi connectivity index (χ1v) is 6.40. The highest BCUT2D eigenvalue weighted by Gasteiger charge is 2.17. The molecule has 0 aliphatic rings. The molecule has 1 atom stereocenters. The zero-order chi connectivity index (χ0) is 14.7. The molecule has 0 bridgehead atoms. The Morgan fingerprint density at radius 2 is 2.10 bits per heavy atom. The van der Waals surface area contributed by atoms with Gasteiger partial charge in [0, 0.05) is 30.9 Å². The predicted molar refractivity (Wildman–Crippen MR) is 72.7 cm³/mol. The number of hydrogen-bond acceptors (Lipinski definition) is 3. The van der Waals surface area contributed by atoms with E-state index in [2.05, 4.69) is 10.5 Å². The van der Waals surface area contributed by atoms with E-state index in [9.17, 15) is 8.78 Å². The number of benzene rings is 1. The largest absolute Gasteiger partial charge is 0.276 e. The Kier molecular flexibility index (Phi) is 4.46. The zero-order valence-electron chi connectivity index (χ0n) is 11.5. The molecule has 0 saturated heterocycles. The maximum Gasteiger partial charge on any atom is 0.130 e. The van der Waals surface area contributed by atoms with E-state index in [1.54, 1.807) is 17.8 Å². The molecule has 0 saturated carbocycles. The number of rotatable bonds is 5. The molecule has 6 heteroatoms. The van der Waals surface area contributed by atoms with Gasteiger partial charge in [0.05, 0.1) is 6.20 Å². The Balaban J connectivity index is 2.14. The van der Waals surface area contributed by atoms with Crippen molar-refractivity contribution in [2.45, 2.75) is 25.8 Å². The SMILES string of the molecule is Cc1cc(C(CCc2cnn(C)c2)NN)c(F)cc1F. The van der Waals surface area contributed by atoms with Crippen molar-refractivity contribution in [2.75, 3.05) is 0 Å². The van der Waals surface area contributed by atoms with Crippen molar-refractivity contribution in [3.8, 4) is 0 Å². The van der Waals surface area contributed by atoms with Gasteiger partial charge in [0.15, 0.2) is 0 Å². The van der Waals surface area contributed by atoms with Gasteiger partial charge < -0.3 is 0 Å². The summed E-state index contributed by atoms with van der Waals surface area (Å²) < 4.78 is 28.8. The van der Waals surface area contributed by atoms with Crippen LogP contribution in [-0.4, -0.2) is 9.78 Å². The van der Waals surface area contributed by atoms with Crippen LogP contribution in [0.1, 0.15) is 29.2 Å². The van der Waals surface area contributed by atoms with Crippen LogP contribution in [0.2, 0.25) is 0 Å². The Morgan fingerprint density at radius 1 is 1.35 bits per heavy atom. The maximum atomic E-state index is 13.8. The summed E-state index contributed by atoms with van der Waals surface area (Å²) >= 11 is 0. The Morgan fingerprint density at radius 3 is 2.70 bits per heavy atom. The van der Waals surface area contributed by atoms with Crippen molar-refractivity contribution in [3.05, 3.63) is 52.9 Å². The van der Waals surface area contributed by atoms with Crippen LogP contribution in [0, 0.1) is 18.6 Å². The van der Waals surface area contributed by atoms with Crippen molar-refractivity contribution in [1.29, 1.82) is 0 Å². The van der Waals surface area contributed by atoms with Crippen LogP contribution >= 0.6 is 0 Å². The lowest BCUT2D eigenvalue weighted by Gasteiger charge is -2.17. The first-order valence-electron chi connectivity index (χ1n) is 6.40. The van der Waals surface area contributed by atoms with E-state index in [0.717, 1.165) is 11.6 Å². The van der Waals surface area contributed by atoms with Gasteiger partial charge in [-0.3, -0.25) is 16.0 Å². The monoisotopic (exact) mass is 280 g/mol. The molecule has 1 heterocycles. The zero-order valence-corrected chi connectivity index (χ0v) is 11.5. The van der Waals surface area contributed by atoms with E-state index in [1.807, 2.05) is 13.2 Å². The average molecular weight is 280 g/mol. The summed E-state index contributed by atoms with van der Waals surface area (Å²) in [7, 11) is 1.84. The standard InChI is InChI=1S/C14H18F2N4/c1-9-5-11(13(16)6-12(9)15)14(19-17)4-3-10-7-18-20(2)8-10/h5-8,14,19H,3-4,17H2,1-2H3. The molecule has 4 nitrogen and oxygen atoms in total. The molecule has 2 aromatic rings. The summed E-state index contributed by atoms with van der Waals surface area (Å²) in [5.41, 5.74) is 4.43. The second kappa shape index (κ2) is 6.11. The molecule has 3 N–H and O–H groups in total. The summed E-state index contributed by atoms with van der Waals surface area (Å²) in [6.07, 6.45) is 4.97. The minimum atomic E-state index is -0.581. The summed E-state index contributed by atoms with van der Waals surface area (Å²) in [5, 5.41) is 4.08. The number of halogens is 2. The number of nitrogens with zero attached hydrogens (tertiary/aromatic N) is 2. The van der Waals surface area contributed by atoms with E-state index < -0.39 is 11.6 Å².